The molecule has 1 aromatic carbocycles. The molecule has 0 amide bonds. The normalized spacial score (nSPS) is 12.6. The van der Waals surface area contributed by atoms with Crippen LogP contribution < -0.4 is 5.32 Å². The third-order valence-electron chi connectivity index (χ3n) is 2.86. The Balaban J connectivity index is 2.47. The highest BCUT2D eigenvalue weighted by atomic mass is 16.5. The zero-order chi connectivity index (χ0) is 12.5. The van der Waals surface area contributed by atoms with Crippen LogP contribution in [0.4, 0.5) is 0 Å². The first-order valence-electron chi connectivity index (χ1n) is 6.14. The fraction of sp³-hybridized carbons (Fsp3) is 0.571. The van der Waals surface area contributed by atoms with Crippen LogP contribution in [0.2, 0.25) is 0 Å². The van der Waals surface area contributed by atoms with Crippen LogP contribution in [0, 0.1) is 0 Å². The zero-order valence-corrected chi connectivity index (χ0v) is 11.0. The molecule has 0 saturated carbocycles. The lowest BCUT2D eigenvalue weighted by molar-refractivity contribution is 0.0596. The van der Waals surface area contributed by atoms with Crippen LogP contribution in [0.1, 0.15) is 24.1 Å². The highest BCUT2D eigenvalue weighted by Crippen LogP contribution is 2.14. The van der Waals surface area contributed by atoms with Crippen molar-refractivity contribution in [3.63, 3.8) is 0 Å². The van der Waals surface area contributed by atoms with E-state index in [4.69, 9.17) is 9.47 Å². The number of rotatable bonds is 8. The number of likely N-dealkylation sites (N-methyl/N-ethyl adjacent to an activating group) is 1. The summed E-state index contributed by atoms with van der Waals surface area (Å²) in [5.41, 5.74) is 2.63. The number of benzene rings is 1. The molecule has 1 unspecified atom stereocenters. The van der Waals surface area contributed by atoms with E-state index in [1.807, 2.05) is 7.05 Å². The molecule has 0 saturated heterocycles. The van der Waals surface area contributed by atoms with Crippen molar-refractivity contribution in [2.45, 2.75) is 19.4 Å². The van der Waals surface area contributed by atoms with Gasteiger partial charge in [-0.25, -0.2) is 0 Å². The van der Waals surface area contributed by atoms with Gasteiger partial charge in [0.05, 0.1) is 25.9 Å². The van der Waals surface area contributed by atoms with Gasteiger partial charge in [0.25, 0.3) is 0 Å². The molecule has 96 valence electrons. The number of nitrogens with one attached hydrogen (secondary N) is 1. The van der Waals surface area contributed by atoms with Crippen LogP contribution in [-0.4, -0.2) is 34.0 Å². The molecule has 1 N–H and O–H groups in total. The van der Waals surface area contributed by atoms with E-state index in [1.54, 1.807) is 7.11 Å². The smallest absolute Gasteiger partial charge is 0.0701 e. The molecule has 0 spiro atoms. The topological polar surface area (TPSA) is 30.5 Å². The van der Waals surface area contributed by atoms with E-state index in [0.717, 1.165) is 6.42 Å². The van der Waals surface area contributed by atoms with Crippen molar-refractivity contribution in [1.29, 1.82) is 0 Å². The molecule has 0 aliphatic carbocycles. The zero-order valence-electron chi connectivity index (χ0n) is 11.0. The Morgan fingerprint density at radius 1 is 1.18 bits per heavy atom. The minimum atomic E-state index is 0.248. The Morgan fingerprint density at radius 2 is 1.88 bits per heavy atom. The van der Waals surface area contributed by atoms with Crippen molar-refractivity contribution in [3.05, 3.63) is 35.4 Å². The number of aryl methyl sites for hydroxylation is 1. The molecular weight excluding hydrogens is 214 g/mol. The second-order valence-electron chi connectivity index (χ2n) is 4.00. The lowest BCUT2D eigenvalue weighted by Gasteiger charge is -2.17. The van der Waals surface area contributed by atoms with Gasteiger partial charge < -0.3 is 14.8 Å². The van der Waals surface area contributed by atoms with Crippen LogP contribution >= 0.6 is 0 Å². The Kier molecular flexibility index (Phi) is 6.86. The lowest BCUT2D eigenvalue weighted by atomic mass is 10.0. The minimum Gasteiger partial charge on any atom is -0.382 e. The second-order valence-corrected chi connectivity index (χ2v) is 4.00. The molecule has 3 nitrogen and oxygen atoms in total. The molecule has 1 aromatic rings. The maximum absolute atomic E-state index is 5.55. The van der Waals surface area contributed by atoms with Gasteiger partial charge in [-0.05, 0) is 24.6 Å². The summed E-state index contributed by atoms with van der Waals surface area (Å²) in [7, 11) is 3.64. The second kappa shape index (κ2) is 8.23. The quantitative estimate of drug-likeness (QED) is 0.703. The van der Waals surface area contributed by atoms with Crippen molar-refractivity contribution in [2.24, 2.45) is 0 Å². The van der Waals surface area contributed by atoms with Crippen molar-refractivity contribution < 1.29 is 9.47 Å². The van der Waals surface area contributed by atoms with Gasteiger partial charge >= 0.3 is 0 Å². The number of hydrogen-bond donors (Lipinski definition) is 1. The third kappa shape index (κ3) is 4.86. The van der Waals surface area contributed by atoms with E-state index in [-0.39, 0.29) is 6.04 Å². The van der Waals surface area contributed by atoms with Gasteiger partial charge in [-0.15, -0.1) is 0 Å². The minimum absolute atomic E-state index is 0.248. The molecule has 17 heavy (non-hydrogen) atoms. The monoisotopic (exact) mass is 237 g/mol. The van der Waals surface area contributed by atoms with Crippen LogP contribution in [0.15, 0.2) is 24.3 Å². The van der Waals surface area contributed by atoms with E-state index in [0.29, 0.717) is 19.8 Å². The summed E-state index contributed by atoms with van der Waals surface area (Å²) < 4.78 is 10.5. The summed E-state index contributed by atoms with van der Waals surface area (Å²) in [6.45, 7) is 4.12. The van der Waals surface area contributed by atoms with E-state index in [2.05, 4.69) is 36.5 Å². The van der Waals surface area contributed by atoms with E-state index in [1.165, 1.54) is 11.1 Å². The first-order valence-corrected chi connectivity index (χ1v) is 6.14. The molecular formula is C14H23NO2. The van der Waals surface area contributed by atoms with Crippen LogP contribution in [0.3, 0.4) is 0 Å². The summed E-state index contributed by atoms with van der Waals surface area (Å²) in [4.78, 5) is 0. The van der Waals surface area contributed by atoms with Crippen LogP contribution in [-0.2, 0) is 15.9 Å². The molecule has 3 heteroatoms. The summed E-state index contributed by atoms with van der Waals surface area (Å²) in [5, 5.41) is 3.27. The first-order chi connectivity index (χ1) is 8.31. The largest absolute Gasteiger partial charge is 0.382 e. The highest BCUT2D eigenvalue weighted by molar-refractivity contribution is 5.25. The summed E-state index contributed by atoms with van der Waals surface area (Å²) in [6, 6.07) is 8.93. The predicted octanol–water partition coefficient (Wildman–Crippen LogP) is 2.17. The van der Waals surface area contributed by atoms with E-state index >= 15 is 0 Å². The number of ether oxygens (including phenoxy) is 2. The van der Waals surface area contributed by atoms with Crippen molar-refractivity contribution in [3.8, 4) is 0 Å². The van der Waals surface area contributed by atoms with Crippen molar-refractivity contribution in [2.75, 3.05) is 34.0 Å². The van der Waals surface area contributed by atoms with Gasteiger partial charge in [0, 0.05) is 7.11 Å². The average molecular weight is 237 g/mol. The maximum atomic E-state index is 5.55. The Morgan fingerprint density at radius 3 is 2.41 bits per heavy atom. The fourth-order valence-corrected chi connectivity index (χ4v) is 1.68. The standard InChI is InChI=1S/C14H23NO2/c1-4-12-5-7-13(8-6-12)14(15-2)11-17-10-9-16-3/h5-8,14-15H,4,9-11H2,1-3H3. The maximum Gasteiger partial charge on any atom is 0.0701 e. The van der Waals surface area contributed by atoms with Gasteiger partial charge in [-0.1, -0.05) is 31.2 Å². The first kappa shape index (κ1) is 14.2. The van der Waals surface area contributed by atoms with E-state index < -0.39 is 0 Å². The third-order valence-corrected chi connectivity index (χ3v) is 2.86. The summed E-state index contributed by atoms with van der Waals surface area (Å²) in [5.74, 6) is 0. The average Bonchev–Trinajstić information content (AvgIpc) is 2.39. The molecule has 0 heterocycles. The van der Waals surface area contributed by atoms with Gasteiger partial charge in [0.1, 0.15) is 0 Å². The summed E-state index contributed by atoms with van der Waals surface area (Å²) >= 11 is 0. The molecule has 0 bridgehead atoms. The molecule has 1 atom stereocenters. The molecule has 0 radical (unpaired) electrons. The highest BCUT2D eigenvalue weighted by Gasteiger charge is 2.08. The summed E-state index contributed by atoms with van der Waals surface area (Å²) in [6.07, 6.45) is 1.08. The Bertz CT molecular complexity index is 298. The van der Waals surface area contributed by atoms with Crippen molar-refractivity contribution >= 4 is 0 Å². The molecule has 0 aromatic heterocycles. The van der Waals surface area contributed by atoms with Gasteiger partial charge in [0.2, 0.25) is 0 Å². The fourth-order valence-electron chi connectivity index (χ4n) is 1.68. The van der Waals surface area contributed by atoms with Gasteiger partial charge in [-0.3, -0.25) is 0 Å². The Hall–Kier alpha value is -0.900. The number of methoxy groups -OCH3 is 1. The van der Waals surface area contributed by atoms with Crippen molar-refractivity contribution in [1.82, 2.24) is 5.32 Å². The molecule has 0 aliphatic rings. The Labute approximate surface area is 104 Å². The van der Waals surface area contributed by atoms with Crippen LogP contribution in [0.25, 0.3) is 0 Å². The van der Waals surface area contributed by atoms with Gasteiger partial charge in [-0.2, -0.15) is 0 Å². The molecule has 0 aliphatic heterocycles. The van der Waals surface area contributed by atoms with Gasteiger partial charge in [0.15, 0.2) is 0 Å². The molecule has 0 fully saturated rings. The lowest BCUT2D eigenvalue weighted by Crippen LogP contribution is -2.22. The SMILES string of the molecule is CCc1ccc(C(COCCOC)NC)cc1. The van der Waals surface area contributed by atoms with Crippen LogP contribution in [0.5, 0.6) is 0 Å². The number of hydrogen-bond acceptors (Lipinski definition) is 3. The molecule has 1 rings (SSSR count). The predicted molar refractivity (Wildman–Crippen MR) is 70.3 cm³/mol. The van der Waals surface area contributed by atoms with E-state index in [9.17, 15) is 0 Å².